The number of aryl methyl sites for hydroxylation is 2. The molecule has 2 N–H and O–H groups in total. The molecule has 162 valence electrons. The van der Waals surface area contributed by atoms with Crippen LogP contribution in [-0.2, 0) is 17.4 Å². The summed E-state index contributed by atoms with van der Waals surface area (Å²) in [6.07, 6.45) is -1.98. The fraction of sp³-hybridized carbons (Fsp3) is 0.667. The number of amides is 1. The number of hydrogen-bond acceptors (Lipinski definition) is 5. The molecule has 2 aromatic rings. The first-order chi connectivity index (χ1) is 13.1. The molecule has 0 bridgehead atoms. The largest absolute Gasteiger partial charge is 0.453 e. The molecule has 1 saturated heterocycles. The van der Waals surface area contributed by atoms with Crippen molar-refractivity contribution in [1.29, 1.82) is 0 Å². The predicted molar refractivity (Wildman–Crippen MR) is 104 cm³/mol. The van der Waals surface area contributed by atoms with Crippen molar-refractivity contribution in [2.45, 2.75) is 52.6 Å². The third-order valence-corrected chi connectivity index (χ3v) is 5.43. The van der Waals surface area contributed by atoms with E-state index in [1.165, 1.54) is 0 Å². The van der Waals surface area contributed by atoms with Crippen LogP contribution in [0.4, 0.5) is 13.2 Å². The summed E-state index contributed by atoms with van der Waals surface area (Å²) in [7, 11) is 0. The fourth-order valence-electron chi connectivity index (χ4n) is 3.54. The lowest BCUT2D eigenvalue weighted by Gasteiger charge is -2.34. The van der Waals surface area contributed by atoms with Crippen LogP contribution in [0.2, 0.25) is 0 Å². The second-order valence-electron chi connectivity index (χ2n) is 7.74. The molecule has 0 unspecified atom stereocenters. The zero-order valence-corrected chi connectivity index (χ0v) is 17.5. The van der Waals surface area contributed by atoms with Gasteiger partial charge in [0.2, 0.25) is 5.91 Å². The molecule has 3 heterocycles. The Balaban J connectivity index is 0.00000300. The molecule has 0 radical (unpaired) electrons. The second kappa shape index (κ2) is 8.83. The minimum atomic E-state index is -4.63. The molecule has 1 aliphatic heterocycles. The molecule has 7 nitrogen and oxygen atoms in total. The van der Waals surface area contributed by atoms with E-state index in [2.05, 4.69) is 32.6 Å². The Kier molecular flexibility index (Phi) is 7.10. The van der Waals surface area contributed by atoms with Gasteiger partial charge in [-0.05, 0) is 57.2 Å². The molecule has 2 aromatic heterocycles. The van der Waals surface area contributed by atoms with E-state index >= 15 is 0 Å². The normalized spacial score (nSPS) is 16.5. The van der Waals surface area contributed by atoms with Gasteiger partial charge in [0.05, 0.1) is 0 Å². The van der Waals surface area contributed by atoms with Gasteiger partial charge in [0.15, 0.2) is 0 Å². The van der Waals surface area contributed by atoms with Gasteiger partial charge >= 0.3 is 6.18 Å². The van der Waals surface area contributed by atoms with Gasteiger partial charge < -0.3 is 10.6 Å². The van der Waals surface area contributed by atoms with Crippen molar-refractivity contribution in [3.8, 4) is 0 Å². The number of carbonyl (C=O) groups excluding carboxylic acids is 1. The number of halogens is 4. The standard InChI is InChI=1S/C18H25F3N6O.ClH/c1-11-13(4-5-14(28)23-10-17(3)6-8-22-9-7-17)12(2)27-16(24-11)25-15(26-27)18(19,20)21;/h22H,4-10H2,1-3H3,(H,23,28);1H. The van der Waals surface area contributed by atoms with E-state index in [9.17, 15) is 18.0 Å². The van der Waals surface area contributed by atoms with Crippen LogP contribution in [0.1, 0.15) is 49.0 Å². The molecule has 1 amide bonds. The maximum atomic E-state index is 12.9. The fourth-order valence-corrected chi connectivity index (χ4v) is 3.54. The van der Waals surface area contributed by atoms with Crippen molar-refractivity contribution in [2.24, 2.45) is 5.41 Å². The molecule has 3 rings (SSSR count). The second-order valence-corrected chi connectivity index (χ2v) is 7.74. The molecule has 11 heteroatoms. The molecule has 0 aliphatic carbocycles. The number of rotatable bonds is 5. The van der Waals surface area contributed by atoms with Crippen LogP contribution in [-0.4, -0.2) is 45.1 Å². The number of hydrogen-bond donors (Lipinski definition) is 2. The third kappa shape index (κ3) is 5.36. The zero-order valence-electron chi connectivity index (χ0n) is 16.7. The molecule has 1 fully saturated rings. The summed E-state index contributed by atoms with van der Waals surface area (Å²) in [5.41, 5.74) is 1.89. The first-order valence-corrected chi connectivity index (χ1v) is 9.36. The summed E-state index contributed by atoms with van der Waals surface area (Å²) >= 11 is 0. The molecule has 0 aromatic carbocycles. The van der Waals surface area contributed by atoms with Gasteiger partial charge in [-0.3, -0.25) is 4.79 Å². The average molecular weight is 435 g/mol. The van der Waals surface area contributed by atoms with Crippen molar-refractivity contribution >= 4 is 24.1 Å². The van der Waals surface area contributed by atoms with Crippen LogP contribution in [0, 0.1) is 19.3 Å². The van der Waals surface area contributed by atoms with Gasteiger partial charge in [-0.2, -0.15) is 18.2 Å². The quantitative estimate of drug-likeness (QED) is 0.755. The molecular formula is C18H26ClF3N6O. The number of alkyl halides is 3. The highest BCUT2D eigenvalue weighted by Crippen LogP contribution is 2.28. The highest BCUT2D eigenvalue weighted by atomic mass is 35.5. The summed E-state index contributed by atoms with van der Waals surface area (Å²) in [5, 5.41) is 9.83. The Morgan fingerprint density at radius 2 is 1.90 bits per heavy atom. The smallest absolute Gasteiger partial charge is 0.356 e. The molecule has 0 spiro atoms. The SMILES string of the molecule is Cc1nc2nc(C(F)(F)F)nn2c(C)c1CCC(=O)NCC1(C)CCNCC1.Cl. The number of nitrogens with one attached hydrogen (secondary N) is 2. The Morgan fingerprint density at radius 1 is 1.24 bits per heavy atom. The van der Waals surface area contributed by atoms with Crippen molar-refractivity contribution in [1.82, 2.24) is 30.2 Å². The predicted octanol–water partition coefficient (Wildman–Crippen LogP) is 2.62. The van der Waals surface area contributed by atoms with E-state index in [1.807, 2.05) is 0 Å². The molecule has 29 heavy (non-hydrogen) atoms. The molecule has 1 aliphatic rings. The Labute approximate surface area is 173 Å². The minimum Gasteiger partial charge on any atom is -0.356 e. The maximum absolute atomic E-state index is 12.9. The summed E-state index contributed by atoms with van der Waals surface area (Å²) in [6.45, 7) is 8.07. The Hall–Kier alpha value is -1.94. The lowest BCUT2D eigenvalue weighted by atomic mass is 9.81. The first-order valence-electron chi connectivity index (χ1n) is 9.36. The van der Waals surface area contributed by atoms with Crippen LogP contribution in [0.3, 0.4) is 0 Å². The average Bonchev–Trinajstić information content (AvgIpc) is 3.05. The number of aromatic nitrogens is 4. The number of fused-ring (bicyclic) bond motifs is 1. The summed E-state index contributed by atoms with van der Waals surface area (Å²) in [4.78, 5) is 19.9. The van der Waals surface area contributed by atoms with E-state index in [-0.39, 0.29) is 35.9 Å². The molecule has 0 saturated carbocycles. The lowest BCUT2D eigenvalue weighted by Crippen LogP contribution is -2.42. The van der Waals surface area contributed by atoms with Crippen LogP contribution >= 0.6 is 12.4 Å². The zero-order chi connectivity index (χ0) is 20.5. The van der Waals surface area contributed by atoms with Crippen LogP contribution < -0.4 is 10.6 Å². The molecule has 0 atom stereocenters. The van der Waals surface area contributed by atoms with Crippen LogP contribution in [0.25, 0.3) is 5.78 Å². The van der Waals surface area contributed by atoms with Gasteiger partial charge in [0, 0.05) is 24.4 Å². The van der Waals surface area contributed by atoms with Crippen molar-refractivity contribution < 1.29 is 18.0 Å². The van der Waals surface area contributed by atoms with Crippen molar-refractivity contribution in [3.05, 3.63) is 22.8 Å². The van der Waals surface area contributed by atoms with Gasteiger partial charge in [-0.1, -0.05) is 6.92 Å². The monoisotopic (exact) mass is 434 g/mol. The third-order valence-electron chi connectivity index (χ3n) is 5.43. The highest BCUT2D eigenvalue weighted by molar-refractivity contribution is 5.85. The number of piperidine rings is 1. The highest BCUT2D eigenvalue weighted by Gasteiger charge is 2.37. The number of nitrogens with zero attached hydrogens (tertiary/aromatic N) is 4. The van der Waals surface area contributed by atoms with E-state index in [1.54, 1.807) is 13.8 Å². The topological polar surface area (TPSA) is 84.2 Å². The Morgan fingerprint density at radius 3 is 2.52 bits per heavy atom. The summed E-state index contributed by atoms with van der Waals surface area (Å²) < 4.78 is 39.7. The molecular weight excluding hydrogens is 409 g/mol. The summed E-state index contributed by atoms with van der Waals surface area (Å²) in [6, 6.07) is 0. The van der Waals surface area contributed by atoms with Gasteiger partial charge in [-0.15, -0.1) is 17.5 Å². The summed E-state index contributed by atoms with van der Waals surface area (Å²) in [5.74, 6) is -1.38. The first kappa shape index (κ1) is 23.3. The van der Waals surface area contributed by atoms with Gasteiger partial charge in [0.25, 0.3) is 11.6 Å². The minimum absolute atomic E-state index is 0. The number of carbonyl (C=O) groups is 1. The Bertz CT molecular complexity index is 877. The van der Waals surface area contributed by atoms with Gasteiger partial charge in [-0.25, -0.2) is 9.50 Å². The van der Waals surface area contributed by atoms with E-state index < -0.39 is 12.0 Å². The van der Waals surface area contributed by atoms with Crippen molar-refractivity contribution in [2.75, 3.05) is 19.6 Å². The van der Waals surface area contributed by atoms with Gasteiger partial charge in [0.1, 0.15) is 0 Å². The van der Waals surface area contributed by atoms with E-state index in [4.69, 9.17) is 0 Å². The van der Waals surface area contributed by atoms with Crippen LogP contribution in [0.5, 0.6) is 0 Å². The van der Waals surface area contributed by atoms with E-state index in [0.29, 0.717) is 29.9 Å². The van der Waals surface area contributed by atoms with Crippen LogP contribution in [0.15, 0.2) is 0 Å². The van der Waals surface area contributed by atoms with E-state index in [0.717, 1.165) is 30.4 Å². The maximum Gasteiger partial charge on any atom is 0.453 e. The van der Waals surface area contributed by atoms with Crippen molar-refractivity contribution in [3.63, 3.8) is 0 Å². The lowest BCUT2D eigenvalue weighted by molar-refractivity contribution is -0.144.